The Labute approximate surface area is 78.6 Å². The molecule has 2 rings (SSSR count). The average Bonchev–Trinajstić information content (AvgIpc) is 2.53. The molecule has 1 unspecified atom stereocenters. The minimum atomic E-state index is 0.650. The van der Waals surface area contributed by atoms with Gasteiger partial charge in [-0.3, -0.25) is 0 Å². The standard InChI is InChI=1S/C10H15N3/c1-8-4-6-13(7-8)9-3-2-5-12-10(9)11/h2-3,5,8H,4,6-7H2,1H3,(H2,11,12). The van der Waals surface area contributed by atoms with E-state index in [0.717, 1.165) is 24.7 Å². The fourth-order valence-electron chi connectivity index (χ4n) is 1.83. The molecule has 3 heteroatoms. The highest BCUT2D eigenvalue weighted by atomic mass is 15.2. The lowest BCUT2D eigenvalue weighted by molar-refractivity contribution is 0.659. The van der Waals surface area contributed by atoms with E-state index in [1.54, 1.807) is 6.20 Å². The number of nitrogens with zero attached hydrogens (tertiary/aromatic N) is 2. The molecule has 0 bridgehead atoms. The van der Waals surface area contributed by atoms with Crippen LogP contribution in [0.1, 0.15) is 13.3 Å². The molecule has 0 aliphatic carbocycles. The second-order valence-electron chi connectivity index (χ2n) is 3.75. The average molecular weight is 177 g/mol. The molecule has 0 amide bonds. The third kappa shape index (κ3) is 1.59. The van der Waals surface area contributed by atoms with Crippen LogP contribution in [-0.2, 0) is 0 Å². The fourth-order valence-corrected chi connectivity index (χ4v) is 1.83. The molecule has 1 aliphatic heterocycles. The van der Waals surface area contributed by atoms with E-state index in [4.69, 9.17) is 5.73 Å². The molecule has 3 nitrogen and oxygen atoms in total. The van der Waals surface area contributed by atoms with Crippen LogP contribution >= 0.6 is 0 Å². The minimum absolute atomic E-state index is 0.650. The number of nitrogens with two attached hydrogens (primary N) is 1. The SMILES string of the molecule is CC1CCN(c2cccnc2N)C1. The molecule has 0 radical (unpaired) electrons. The van der Waals surface area contributed by atoms with Crippen molar-refractivity contribution in [2.24, 2.45) is 5.92 Å². The first-order valence-corrected chi connectivity index (χ1v) is 4.73. The molecule has 2 N–H and O–H groups in total. The molecule has 1 atom stereocenters. The summed E-state index contributed by atoms with van der Waals surface area (Å²) < 4.78 is 0. The molecule has 2 heterocycles. The van der Waals surface area contributed by atoms with Gasteiger partial charge in [0.1, 0.15) is 5.82 Å². The Hall–Kier alpha value is -1.25. The first kappa shape index (κ1) is 8.35. The molecule has 1 aromatic heterocycles. The van der Waals surface area contributed by atoms with Crippen LogP contribution < -0.4 is 10.6 Å². The molecule has 0 aromatic carbocycles. The summed E-state index contributed by atoms with van der Waals surface area (Å²) in [5.41, 5.74) is 6.88. The predicted octanol–water partition coefficient (Wildman–Crippen LogP) is 1.51. The quantitative estimate of drug-likeness (QED) is 0.707. The molecule has 0 saturated carbocycles. The summed E-state index contributed by atoms with van der Waals surface area (Å²) in [7, 11) is 0. The van der Waals surface area contributed by atoms with Gasteiger partial charge in [0, 0.05) is 19.3 Å². The van der Waals surface area contributed by atoms with Crippen LogP contribution in [0.3, 0.4) is 0 Å². The first-order chi connectivity index (χ1) is 6.27. The molecule has 1 aliphatic rings. The number of rotatable bonds is 1. The molecule has 70 valence electrons. The number of pyridine rings is 1. The van der Waals surface area contributed by atoms with Gasteiger partial charge in [-0.1, -0.05) is 6.92 Å². The smallest absolute Gasteiger partial charge is 0.146 e. The third-order valence-electron chi connectivity index (χ3n) is 2.58. The highest BCUT2D eigenvalue weighted by molar-refractivity contribution is 5.63. The van der Waals surface area contributed by atoms with E-state index in [2.05, 4.69) is 16.8 Å². The lowest BCUT2D eigenvalue weighted by atomic mass is 10.2. The van der Waals surface area contributed by atoms with Crippen LogP contribution in [0.4, 0.5) is 11.5 Å². The van der Waals surface area contributed by atoms with Crippen molar-refractivity contribution in [1.29, 1.82) is 0 Å². The maximum atomic E-state index is 5.79. The Balaban J connectivity index is 2.21. The van der Waals surface area contributed by atoms with Gasteiger partial charge in [0.2, 0.25) is 0 Å². The first-order valence-electron chi connectivity index (χ1n) is 4.73. The zero-order chi connectivity index (χ0) is 9.26. The topological polar surface area (TPSA) is 42.2 Å². The van der Waals surface area contributed by atoms with Gasteiger partial charge in [0.25, 0.3) is 0 Å². The van der Waals surface area contributed by atoms with Gasteiger partial charge in [0.15, 0.2) is 0 Å². The molecule has 1 saturated heterocycles. The zero-order valence-electron chi connectivity index (χ0n) is 7.90. The number of aromatic nitrogens is 1. The van der Waals surface area contributed by atoms with Crippen molar-refractivity contribution in [2.75, 3.05) is 23.7 Å². The molecule has 1 aromatic rings. The van der Waals surface area contributed by atoms with E-state index in [1.807, 2.05) is 12.1 Å². The number of nitrogen functional groups attached to an aromatic ring is 1. The second kappa shape index (κ2) is 3.24. The number of hydrogen-bond acceptors (Lipinski definition) is 3. The Bertz CT molecular complexity index is 298. The lowest BCUT2D eigenvalue weighted by Gasteiger charge is -2.18. The van der Waals surface area contributed by atoms with Gasteiger partial charge in [0.05, 0.1) is 5.69 Å². The predicted molar refractivity (Wildman–Crippen MR) is 54.6 cm³/mol. The van der Waals surface area contributed by atoms with E-state index in [-0.39, 0.29) is 0 Å². The van der Waals surface area contributed by atoms with E-state index < -0.39 is 0 Å². The van der Waals surface area contributed by atoms with E-state index in [1.165, 1.54) is 6.42 Å². The second-order valence-corrected chi connectivity index (χ2v) is 3.75. The summed E-state index contributed by atoms with van der Waals surface area (Å²) in [6.45, 7) is 4.49. The van der Waals surface area contributed by atoms with Crippen molar-refractivity contribution >= 4 is 11.5 Å². The van der Waals surface area contributed by atoms with Crippen LogP contribution in [0.5, 0.6) is 0 Å². The largest absolute Gasteiger partial charge is 0.382 e. The van der Waals surface area contributed by atoms with Crippen molar-refractivity contribution in [2.45, 2.75) is 13.3 Å². The van der Waals surface area contributed by atoms with Gasteiger partial charge in [-0.15, -0.1) is 0 Å². The molecular formula is C10H15N3. The van der Waals surface area contributed by atoms with Crippen LogP contribution in [0.25, 0.3) is 0 Å². The monoisotopic (exact) mass is 177 g/mol. The van der Waals surface area contributed by atoms with E-state index in [0.29, 0.717) is 5.82 Å². The summed E-state index contributed by atoms with van der Waals surface area (Å²) >= 11 is 0. The summed E-state index contributed by atoms with van der Waals surface area (Å²) in [6, 6.07) is 3.98. The summed E-state index contributed by atoms with van der Waals surface area (Å²) in [5, 5.41) is 0. The van der Waals surface area contributed by atoms with Crippen molar-refractivity contribution in [3.05, 3.63) is 18.3 Å². The van der Waals surface area contributed by atoms with E-state index >= 15 is 0 Å². The van der Waals surface area contributed by atoms with Crippen molar-refractivity contribution in [1.82, 2.24) is 4.98 Å². The van der Waals surface area contributed by atoms with Gasteiger partial charge in [-0.05, 0) is 24.5 Å². The Morgan fingerprint density at radius 1 is 1.62 bits per heavy atom. The summed E-state index contributed by atoms with van der Waals surface area (Å²) in [4.78, 5) is 6.40. The lowest BCUT2D eigenvalue weighted by Crippen LogP contribution is -2.20. The van der Waals surface area contributed by atoms with Crippen molar-refractivity contribution < 1.29 is 0 Å². The van der Waals surface area contributed by atoms with Gasteiger partial charge >= 0.3 is 0 Å². The fraction of sp³-hybridized carbons (Fsp3) is 0.500. The van der Waals surface area contributed by atoms with Crippen LogP contribution in [0.15, 0.2) is 18.3 Å². The van der Waals surface area contributed by atoms with E-state index in [9.17, 15) is 0 Å². The molecule has 13 heavy (non-hydrogen) atoms. The summed E-state index contributed by atoms with van der Waals surface area (Å²) in [5.74, 6) is 1.43. The van der Waals surface area contributed by atoms with Gasteiger partial charge in [-0.2, -0.15) is 0 Å². The Kier molecular flexibility index (Phi) is 2.08. The molecule has 1 fully saturated rings. The maximum Gasteiger partial charge on any atom is 0.146 e. The minimum Gasteiger partial charge on any atom is -0.382 e. The van der Waals surface area contributed by atoms with Gasteiger partial charge in [-0.25, -0.2) is 4.98 Å². The maximum absolute atomic E-state index is 5.79. The Morgan fingerprint density at radius 3 is 3.08 bits per heavy atom. The molecule has 0 spiro atoms. The number of hydrogen-bond donors (Lipinski definition) is 1. The van der Waals surface area contributed by atoms with Crippen LogP contribution in [0, 0.1) is 5.92 Å². The van der Waals surface area contributed by atoms with Crippen LogP contribution in [0.2, 0.25) is 0 Å². The number of anilines is 2. The normalized spacial score (nSPS) is 22.2. The highest BCUT2D eigenvalue weighted by Gasteiger charge is 2.20. The third-order valence-corrected chi connectivity index (χ3v) is 2.58. The van der Waals surface area contributed by atoms with Crippen molar-refractivity contribution in [3.8, 4) is 0 Å². The Morgan fingerprint density at radius 2 is 2.46 bits per heavy atom. The molecular weight excluding hydrogens is 162 g/mol. The van der Waals surface area contributed by atoms with Gasteiger partial charge < -0.3 is 10.6 Å². The zero-order valence-corrected chi connectivity index (χ0v) is 7.90. The van der Waals surface area contributed by atoms with Crippen LogP contribution in [-0.4, -0.2) is 18.1 Å². The van der Waals surface area contributed by atoms with Crippen molar-refractivity contribution in [3.63, 3.8) is 0 Å². The summed E-state index contributed by atoms with van der Waals surface area (Å²) in [6.07, 6.45) is 2.99. The highest BCUT2D eigenvalue weighted by Crippen LogP contribution is 2.26.